The summed E-state index contributed by atoms with van der Waals surface area (Å²) in [7, 11) is 4.02. The van der Waals surface area contributed by atoms with Gasteiger partial charge in [0.15, 0.2) is 5.82 Å². The number of aliphatic hydroxyl groups excluding tert-OH is 1. The third kappa shape index (κ3) is 3.17. The van der Waals surface area contributed by atoms with Crippen molar-refractivity contribution in [1.82, 2.24) is 15.1 Å². The lowest BCUT2D eigenvalue weighted by Crippen LogP contribution is -2.39. The second-order valence-corrected chi connectivity index (χ2v) is 5.53. The number of aromatic nitrogens is 2. The molecule has 1 aromatic rings. The molecule has 2 rings (SSSR count). The fourth-order valence-corrected chi connectivity index (χ4v) is 2.63. The standard InChI is InChI=1S/C12H19N5OS/c1-16(2)6-8-5-9(18)7-17(8)12-10(11(13)19)3-4-14-15-12/h3-4,8-9,18H,5-7H2,1-2H3,(H2,13,19). The van der Waals surface area contributed by atoms with Crippen LogP contribution in [0.1, 0.15) is 12.0 Å². The van der Waals surface area contributed by atoms with Gasteiger partial charge in [0.2, 0.25) is 0 Å². The third-order valence-corrected chi connectivity index (χ3v) is 3.43. The van der Waals surface area contributed by atoms with Crippen LogP contribution in [-0.2, 0) is 0 Å². The molecule has 0 bridgehead atoms. The summed E-state index contributed by atoms with van der Waals surface area (Å²) in [6.45, 7) is 1.37. The second-order valence-electron chi connectivity index (χ2n) is 5.09. The van der Waals surface area contributed by atoms with Gasteiger partial charge in [-0.25, -0.2) is 0 Å². The normalized spacial score (nSPS) is 23.1. The predicted molar refractivity (Wildman–Crippen MR) is 78.2 cm³/mol. The Morgan fingerprint density at radius 3 is 3.00 bits per heavy atom. The molecule has 104 valence electrons. The van der Waals surface area contributed by atoms with E-state index < -0.39 is 0 Å². The molecule has 0 aromatic carbocycles. The van der Waals surface area contributed by atoms with E-state index in [1.807, 2.05) is 19.0 Å². The lowest BCUT2D eigenvalue weighted by Gasteiger charge is -2.28. The van der Waals surface area contributed by atoms with Crippen molar-refractivity contribution in [3.8, 4) is 0 Å². The number of anilines is 1. The van der Waals surface area contributed by atoms with Gasteiger partial charge in [0.1, 0.15) is 4.99 Å². The number of rotatable bonds is 4. The summed E-state index contributed by atoms with van der Waals surface area (Å²) in [4.78, 5) is 4.44. The fourth-order valence-electron chi connectivity index (χ4n) is 2.47. The Hall–Kier alpha value is -1.31. The smallest absolute Gasteiger partial charge is 0.161 e. The molecule has 1 aromatic heterocycles. The molecule has 19 heavy (non-hydrogen) atoms. The summed E-state index contributed by atoms with van der Waals surface area (Å²) >= 11 is 5.05. The lowest BCUT2D eigenvalue weighted by molar-refractivity contribution is 0.191. The molecule has 6 nitrogen and oxygen atoms in total. The number of hydrogen-bond acceptors (Lipinski definition) is 6. The number of β-amino-alcohol motifs (C(OH)–C–C–N with tert-alkyl or cyclic N) is 1. The number of thiocarbonyl (C=S) groups is 1. The molecule has 0 saturated carbocycles. The minimum absolute atomic E-state index is 0.190. The molecule has 3 N–H and O–H groups in total. The molecular formula is C12H19N5OS. The van der Waals surface area contributed by atoms with Crippen molar-refractivity contribution in [3.63, 3.8) is 0 Å². The summed E-state index contributed by atoms with van der Waals surface area (Å²) in [5, 5.41) is 18.0. The van der Waals surface area contributed by atoms with E-state index >= 15 is 0 Å². The van der Waals surface area contributed by atoms with Gasteiger partial charge in [-0.2, -0.15) is 5.10 Å². The van der Waals surface area contributed by atoms with E-state index in [9.17, 15) is 5.11 Å². The molecule has 1 saturated heterocycles. The quantitative estimate of drug-likeness (QED) is 0.728. The van der Waals surface area contributed by atoms with Crippen LogP contribution in [0.3, 0.4) is 0 Å². The number of nitrogens with zero attached hydrogens (tertiary/aromatic N) is 4. The van der Waals surface area contributed by atoms with Gasteiger partial charge in [-0.1, -0.05) is 12.2 Å². The van der Waals surface area contributed by atoms with Gasteiger partial charge < -0.3 is 20.6 Å². The average Bonchev–Trinajstić information content (AvgIpc) is 2.69. The Bertz CT molecular complexity index is 467. The first-order valence-electron chi connectivity index (χ1n) is 6.20. The topological polar surface area (TPSA) is 78.5 Å². The van der Waals surface area contributed by atoms with Crippen molar-refractivity contribution in [2.24, 2.45) is 5.73 Å². The zero-order valence-corrected chi connectivity index (χ0v) is 12.0. The van der Waals surface area contributed by atoms with Crippen molar-refractivity contribution >= 4 is 23.0 Å². The summed E-state index contributed by atoms with van der Waals surface area (Å²) in [5.41, 5.74) is 6.44. The molecule has 2 unspecified atom stereocenters. The Morgan fingerprint density at radius 2 is 2.37 bits per heavy atom. The molecule has 7 heteroatoms. The summed E-state index contributed by atoms with van der Waals surface area (Å²) < 4.78 is 0. The summed E-state index contributed by atoms with van der Waals surface area (Å²) in [6.07, 6.45) is 1.93. The molecule has 1 fully saturated rings. The number of aliphatic hydroxyl groups is 1. The third-order valence-electron chi connectivity index (χ3n) is 3.21. The van der Waals surface area contributed by atoms with Crippen molar-refractivity contribution in [2.45, 2.75) is 18.6 Å². The first kappa shape index (κ1) is 14.1. The van der Waals surface area contributed by atoms with Gasteiger partial charge in [0, 0.05) is 19.1 Å². The summed E-state index contributed by atoms with van der Waals surface area (Å²) in [5.74, 6) is 0.665. The molecule has 2 heterocycles. The van der Waals surface area contributed by atoms with Gasteiger partial charge in [-0.05, 0) is 26.6 Å². The van der Waals surface area contributed by atoms with E-state index in [2.05, 4.69) is 15.1 Å². The van der Waals surface area contributed by atoms with Crippen LogP contribution >= 0.6 is 12.2 Å². The molecule has 0 spiro atoms. The SMILES string of the molecule is CN(C)CC1CC(O)CN1c1nnccc1C(N)=S. The first-order valence-corrected chi connectivity index (χ1v) is 6.60. The van der Waals surface area contributed by atoms with Crippen LogP contribution in [-0.4, -0.2) is 64.5 Å². The van der Waals surface area contributed by atoms with E-state index in [4.69, 9.17) is 18.0 Å². The van der Waals surface area contributed by atoms with Gasteiger partial charge in [0.25, 0.3) is 0 Å². The number of hydrogen-bond donors (Lipinski definition) is 2. The van der Waals surface area contributed by atoms with E-state index in [-0.39, 0.29) is 12.1 Å². The van der Waals surface area contributed by atoms with Crippen molar-refractivity contribution < 1.29 is 5.11 Å². The van der Waals surface area contributed by atoms with E-state index in [0.29, 0.717) is 29.3 Å². The Morgan fingerprint density at radius 1 is 1.63 bits per heavy atom. The molecule has 0 amide bonds. The Kier molecular flexibility index (Phi) is 4.28. The highest BCUT2D eigenvalue weighted by Gasteiger charge is 2.33. The molecule has 0 radical (unpaired) electrons. The lowest BCUT2D eigenvalue weighted by atomic mass is 10.2. The van der Waals surface area contributed by atoms with Crippen LogP contribution in [0, 0.1) is 0 Å². The van der Waals surface area contributed by atoms with Crippen LogP contribution in [0.25, 0.3) is 0 Å². The maximum Gasteiger partial charge on any atom is 0.161 e. The Balaban J connectivity index is 2.31. The van der Waals surface area contributed by atoms with Crippen molar-refractivity contribution in [1.29, 1.82) is 0 Å². The fraction of sp³-hybridized carbons (Fsp3) is 0.583. The van der Waals surface area contributed by atoms with Crippen molar-refractivity contribution in [3.05, 3.63) is 17.8 Å². The number of likely N-dealkylation sites (N-methyl/N-ethyl adjacent to an activating group) is 1. The highest BCUT2D eigenvalue weighted by molar-refractivity contribution is 7.80. The van der Waals surface area contributed by atoms with Gasteiger partial charge in [-0.3, -0.25) is 0 Å². The second kappa shape index (κ2) is 5.77. The predicted octanol–water partition coefficient (Wildman–Crippen LogP) is -0.388. The van der Waals surface area contributed by atoms with Crippen LogP contribution < -0.4 is 10.6 Å². The highest BCUT2D eigenvalue weighted by atomic mass is 32.1. The van der Waals surface area contributed by atoms with Crippen molar-refractivity contribution in [2.75, 3.05) is 32.1 Å². The van der Waals surface area contributed by atoms with E-state index in [0.717, 1.165) is 6.54 Å². The molecule has 1 aliphatic heterocycles. The minimum Gasteiger partial charge on any atom is -0.391 e. The van der Waals surface area contributed by atoms with Crippen LogP contribution in [0.2, 0.25) is 0 Å². The van der Waals surface area contributed by atoms with Gasteiger partial charge in [0.05, 0.1) is 17.9 Å². The van der Waals surface area contributed by atoms with E-state index in [1.165, 1.54) is 0 Å². The van der Waals surface area contributed by atoms with Crippen LogP contribution in [0.15, 0.2) is 12.3 Å². The van der Waals surface area contributed by atoms with Crippen LogP contribution in [0.4, 0.5) is 5.82 Å². The molecular weight excluding hydrogens is 262 g/mol. The molecule has 1 aliphatic rings. The summed E-state index contributed by atoms with van der Waals surface area (Å²) in [6, 6.07) is 1.96. The van der Waals surface area contributed by atoms with E-state index in [1.54, 1.807) is 12.3 Å². The Labute approximate surface area is 118 Å². The van der Waals surface area contributed by atoms with Crippen LogP contribution in [0.5, 0.6) is 0 Å². The molecule has 2 atom stereocenters. The zero-order valence-electron chi connectivity index (χ0n) is 11.2. The zero-order chi connectivity index (χ0) is 14.0. The highest BCUT2D eigenvalue weighted by Crippen LogP contribution is 2.26. The molecule has 0 aliphatic carbocycles. The average molecular weight is 281 g/mol. The van der Waals surface area contributed by atoms with Gasteiger partial charge in [-0.15, -0.1) is 5.10 Å². The van der Waals surface area contributed by atoms with Gasteiger partial charge >= 0.3 is 0 Å². The minimum atomic E-state index is -0.355. The largest absolute Gasteiger partial charge is 0.391 e. The monoisotopic (exact) mass is 281 g/mol. The number of nitrogens with two attached hydrogens (primary N) is 1. The maximum atomic E-state index is 9.90. The maximum absolute atomic E-state index is 9.90. The first-order chi connectivity index (χ1) is 8.99.